The Morgan fingerprint density at radius 3 is 1.94 bits per heavy atom. The molecule has 2 aliphatic heterocycles. The fraction of sp³-hybridized carbons (Fsp3) is 0.957. The molecule has 0 aromatic heterocycles. The van der Waals surface area contributed by atoms with Crippen LogP contribution in [0.2, 0.25) is 0 Å². The van der Waals surface area contributed by atoms with Crippen molar-refractivity contribution in [3.8, 4) is 0 Å². The second kappa shape index (κ2) is 14.7. The smallest absolute Gasteiger partial charge is 0.221 e. The highest BCUT2D eigenvalue weighted by molar-refractivity contribution is 5.73. The van der Waals surface area contributed by atoms with Gasteiger partial charge in [-0.2, -0.15) is 0 Å². The normalized spacial score (nSPS) is 37.9. The molecule has 1 unspecified atom stereocenters. The predicted octanol–water partition coefficient (Wildman–Crippen LogP) is -1.79. The van der Waals surface area contributed by atoms with Crippen molar-refractivity contribution in [2.75, 3.05) is 19.8 Å². The first-order chi connectivity index (χ1) is 16.7. The topological polar surface area (TPSA) is 190 Å². The summed E-state index contributed by atoms with van der Waals surface area (Å²) in [6.45, 7) is 2.45. The summed E-state index contributed by atoms with van der Waals surface area (Å²) >= 11 is 0. The summed E-state index contributed by atoms with van der Waals surface area (Å²) in [5.74, 6) is -0.364. The molecule has 0 aromatic rings. The van der Waals surface area contributed by atoms with Crippen molar-refractivity contribution in [3.63, 3.8) is 0 Å². The molecule has 0 saturated carbocycles. The van der Waals surface area contributed by atoms with E-state index in [-0.39, 0.29) is 5.91 Å². The van der Waals surface area contributed by atoms with Gasteiger partial charge in [0.15, 0.2) is 12.5 Å². The quantitative estimate of drug-likeness (QED) is 0.139. The minimum Gasteiger partial charge on any atom is -0.394 e. The minimum absolute atomic E-state index is 0.300. The van der Waals surface area contributed by atoms with Crippen LogP contribution in [0.15, 0.2) is 0 Å². The van der Waals surface area contributed by atoms with E-state index in [1.165, 1.54) is 18.2 Å². The van der Waals surface area contributed by atoms with Crippen molar-refractivity contribution in [2.45, 2.75) is 120 Å². The van der Waals surface area contributed by atoms with Gasteiger partial charge in [0, 0.05) is 13.5 Å². The van der Waals surface area contributed by atoms with Crippen LogP contribution in [0.4, 0.5) is 0 Å². The summed E-state index contributed by atoms with van der Waals surface area (Å²) < 4.78 is 16.6. The lowest BCUT2D eigenvalue weighted by molar-refractivity contribution is -0.347. The van der Waals surface area contributed by atoms with Crippen LogP contribution in [0.3, 0.4) is 0 Å². The van der Waals surface area contributed by atoms with Crippen molar-refractivity contribution >= 4 is 5.91 Å². The predicted molar refractivity (Wildman–Crippen MR) is 122 cm³/mol. The van der Waals surface area contributed by atoms with Gasteiger partial charge in [0.2, 0.25) is 5.91 Å². The Kier molecular flexibility index (Phi) is 12.7. The summed E-state index contributed by atoms with van der Waals surface area (Å²) in [6.07, 6.45) is -7.72. The molecule has 0 aliphatic carbocycles. The maximum Gasteiger partial charge on any atom is 0.221 e. The van der Waals surface area contributed by atoms with Gasteiger partial charge in [0.05, 0.1) is 13.2 Å². The number of amides is 1. The number of unbranched alkanes of at least 4 members (excludes halogenated alkanes) is 6. The van der Waals surface area contributed by atoms with Crippen LogP contribution >= 0.6 is 0 Å². The molecule has 2 rings (SSSR count). The fourth-order valence-electron chi connectivity index (χ4n) is 4.53. The molecule has 2 aliphatic rings. The Balaban J connectivity index is 2.03. The third-order valence-corrected chi connectivity index (χ3v) is 6.69. The van der Waals surface area contributed by atoms with E-state index in [1.54, 1.807) is 0 Å². The number of hydrogen-bond donors (Lipinski definition) is 7. The van der Waals surface area contributed by atoms with E-state index in [9.17, 15) is 40.5 Å². The SMILES string of the molecule is CCCCCCCCCN(C(C)=O)C1O[C@H](CO)[C@@H](O[C@@H]2O[C@H](CO)[C@H](O)[C@H](O)[C@H]2O)[C@H](O)[C@H]1O. The van der Waals surface area contributed by atoms with E-state index in [1.807, 2.05) is 0 Å². The summed E-state index contributed by atoms with van der Waals surface area (Å²) in [5.41, 5.74) is 0. The third-order valence-electron chi connectivity index (χ3n) is 6.69. The lowest BCUT2D eigenvalue weighted by Crippen LogP contribution is -2.67. The number of hydrogen-bond acceptors (Lipinski definition) is 11. The zero-order valence-electron chi connectivity index (χ0n) is 20.6. The molecule has 0 aromatic carbocycles. The van der Waals surface area contributed by atoms with E-state index in [0.29, 0.717) is 13.0 Å². The first-order valence-electron chi connectivity index (χ1n) is 12.5. The summed E-state index contributed by atoms with van der Waals surface area (Å²) in [4.78, 5) is 13.6. The molecule has 2 fully saturated rings. The van der Waals surface area contributed by atoms with E-state index >= 15 is 0 Å². The summed E-state index contributed by atoms with van der Waals surface area (Å²) in [6, 6.07) is 0. The largest absolute Gasteiger partial charge is 0.394 e. The van der Waals surface area contributed by atoms with Gasteiger partial charge in [0.25, 0.3) is 0 Å². The van der Waals surface area contributed by atoms with Crippen LogP contribution in [0.25, 0.3) is 0 Å². The summed E-state index contributed by atoms with van der Waals surface area (Å²) in [5, 5.41) is 70.9. The Morgan fingerprint density at radius 1 is 0.771 bits per heavy atom. The molecule has 12 heteroatoms. The van der Waals surface area contributed by atoms with Gasteiger partial charge in [-0.3, -0.25) is 4.79 Å². The van der Waals surface area contributed by atoms with Crippen molar-refractivity contribution in [1.82, 2.24) is 4.90 Å². The van der Waals surface area contributed by atoms with Crippen LogP contribution in [0.1, 0.15) is 58.8 Å². The molecule has 0 radical (unpaired) electrons. The van der Waals surface area contributed by atoms with Gasteiger partial charge in [-0.05, 0) is 6.42 Å². The van der Waals surface area contributed by atoms with Gasteiger partial charge in [-0.15, -0.1) is 0 Å². The van der Waals surface area contributed by atoms with Crippen LogP contribution in [0, 0.1) is 0 Å². The third kappa shape index (κ3) is 7.78. The molecule has 12 nitrogen and oxygen atoms in total. The first kappa shape index (κ1) is 30.3. The number of nitrogens with zero attached hydrogens (tertiary/aromatic N) is 1. The maximum atomic E-state index is 12.3. The number of rotatable bonds is 13. The average molecular weight is 510 g/mol. The van der Waals surface area contributed by atoms with E-state index in [2.05, 4.69) is 6.92 Å². The Hall–Kier alpha value is -0.930. The number of carbonyl (C=O) groups excluding carboxylic acids is 1. The second-order valence-electron chi connectivity index (χ2n) is 9.36. The molecule has 7 N–H and O–H groups in total. The highest BCUT2D eigenvalue weighted by Crippen LogP contribution is 2.30. The molecule has 35 heavy (non-hydrogen) atoms. The Morgan fingerprint density at radius 2 is 1.37 bits per heavy atom. The monoisotopic (exact) mass is 509 g/mol. The number of carbonyl (C=O) groups is 1. The van der Waals surface area contributed by atoms with Gasteiger partial charge < -0.3 is 54.9 Å². The standard InChI is InChI=1S/C23H43NO11/c1-3-4-5-6-7-8-9-10-24(13(2)27)22-19(31)18(30)21(15(12-26)33-22)35-23-20(32)17(29)16(28)14(11-25)34-23/h14-23,25-26,28-32H,3-12H2,1-2H3/t14-,15-,16+,17+,18-,19-,20-,21-,22?,23+/m1/s1. The maximum absolute atomic E-state index is 12.3. The van der Waals surface area contributed by atoms with Gasteiger partial charge >= 0.3 is 0 Å². The van der Waals surface area contributed by atoms with Crippen molar-refractivity contribution in [2.24, 2.45) is 0 Å². The number of aliphatic hydroxyl groups is 7. The molecule has 2 heterocycles. The Bertz CT molecular complexity index is 622. The van der Waals surface area contributed by atoms with Crippen molar-refractivity contribution in [3.05, 3.63) is 0 Å². The fourth-order valence-corrected chi connectivity index (χ4v) is 4.53. The Labute approximate surface area is 206 Å². The van der Waals surface area contributed by atoms with Crippen molar-refractivity contribution < 1.29 is 54.8 Å². The van der Waals surface area contributed by atoms with Crippen LogP contribution in [-0.2, 0) is 19.0 Å². The number of ether oxygens (including phenoxy) is 3. The van der Waals surface area contributed by atoms with Gasteiger partial charge in [0.1, 0.15) is 48.8 Å². The minimum atomic E-state index is -1.74. The van der Waals surface area contributed by atoms with Crippen molar-refractivity contribution in [1.29, 1.82) is 0 Å². The van der Waals surface area contributed by atoms with Crippen LogP contribution in [-0.4, -0.2) is 128 Å². The van der Waals surface area contributed by atoms with E-state index < -0.39 is 74.6 Å². The molecule has 0 bridgehead atoms. The highest BCUT2D eigenvalue weighted by Gasteiger charge is 2.51. The molecule has 2 saturated heterocycles. The van der Waals surface area contributed by atoms with Gasteiger partial charge in [-0.25, -0.2) is 0 Å². The highest BCUT2D eigenvalue weighted by atomic mass is 16.7. The molecular weight excluding hydrogens is 466 g/mol. The second-order valence-corrected chi connectivity index (χ2v) is 9.36. The molecule has 10 atom stereocenters. The van der Waals surface area contributed by atoms with Crippen LogP contribution < -0.4 is 0 Å². The number of aliphatic hydroxyl groups excluding tert-OH is 7. The average Bonchev–Trinajstić information content (AvgIpc) is 2.84. The zero-order chi connectivity index (χ0) is 26.1. The first-order valence-corrected chi connectivity index (χ1v) is 12.5. The molecule has 1 amide bonds. The lowest BCUT2D eigenvalue weighted by atomic mass is 9.96. The van der Waals surface area contributed by atoms with Gasteiger partial charge in [-0.1, -0.05) is 45.4 Å². The zero-order valence-corrected chi connectivity index (χ0v) is 20.6. The molecule has 0 spiro atoms. The van der Waals surface area contributed by atoms with Crippen LogP contribution in [0.5, 0.6) is 0 Å². The molecular formula is C23H43NO11. The van der Waals surface area contributed by atoms with E-state index in [4.69, 9.17) is 14.2 Å². The van der Waals surface area contributed by atoms with E-state index in [0.717, 1.165) is 32.1 Å². The lowest BCUT2D eigenvalue weighted by Gasteiger charge is -2.48. The summed E-state index contributed by atoms with van der Waals surface area (Å²) in [7, 11) is 0. The molecule has 206 valence electrons.